The summed E-state index contributed by atoms with van der Waals surface area (Å²) in [6, 6.07) is 0. The Morgan fingerprint density at radius 3 is 1.01 bits per heavy atom. The summed E-state index contributed by atoms with van der Waals surface area (Å²) >= 11 is 12.7. The van der Waals surface area contributed by atoms with Crippen LogP contribution in [0.1, 0.15) is 244 Å². The van der Waals surface area contributed by atoms with Gasteiger partial charge < -0.3 is 44.4 Å². The molecule has 0 amide bonds. The maximum absolute atomic E-state index is 9.19. The Balaban J connectivity index is -0.0000000519. The minimum absolute atomic E-state index is 0.542. The number of carboxylic acids is 1. The van der Waals surface area contributed by atoms with E-state index in [1.54, 1.807) is 40.3 Å². The number of rotatable bonds is 10. The van der Waals surface area contributed by atoms with Gasteiger partial charge in [-0.25, -0.2) is 14.8 Å². The van der Waals surface area contributed by atoms with Crippen LogP contribution in [-0.4, -0.2) is 153 Å². The van der Waals surface area contributed by atoms with E-state index in [2.05, 4.69) is 223 Å². The quantitative estimate of drug-likeness (QED) is 0.0157. The smallest absolute Gasteiger partial charge is 0.300 e. The van der Waals surface area contributed by atoms with Gasteiger partial charge in [0.15, 0.2) is 0 Å². The van der Waals surface area contributed by atoms with Gasteiger partial charge in [0.2, 0.25) is 6.08 Å². The molecule has 590 valence electrons. The molecule has 1 saturated carbocycles. The number of allylic oxidation sites excluding steroid dienone is 11. The number of isocyanates is 1. The number of isothiocyanates is 1. The van der Waals surface area contributed by atoms with E-state index in [1.807, 2.05) is 60.6 Å². The SMILES string of the molecule is C#CC.C/C=C/C.C/C=C/CC.C/C=C/CCC.C=C(C)C.C=C(C)Cl.C=CC.C=COC.CC(=O)O.CC1CC1.CC1CO1.CC1OC1C.CC=C(C)C.CCC1(C)COC1.CCC1(CC)COC1.CCCC1(CC)COC1.CN.CN=C=O.CN=C=S.CO.CS.CS(=O)(=O)O. The third kappa shape index (κ3) is 219. The second kappa shape index (κ2) is 117. The van der Waals surface area contributed by atoms with Crippen LogP contribution in [0.15, 0.2) is 107 Å². The van der Waals surface area contributed by atoms with Gasteiger partial charge in [-0.15, -0.1) is 25.5 Å². The number of aliphatic hydroxyl groups excluding tert-OH is 1. The van der Waals surface area contributed by atoms with E-state index in [0.29, 0.717) is 45.8 Å². The first-order chi connectivity index (χ1) is 45.8. The topological polar surface area (TPSA) is 242 Å². The standard InChI is InChI=1S/C8H16O.C7H14O.C6H12O.C6H12.2C5H10.C4H8O.3C4H8.C3H5Cl.2C3H6O.C3H6.C3H4.C2H3NO.C2H3NS.C2H4O2.CH5N.CH4O3S.CH4O.CH4S/c1-3-5-8(4-2)6-9-7-8;1-3-7(4-2)5-8-6-7;1-3-6(2)4-7-5-6;1-3-5-6-4-2;1-4-5(2)3;1-3-5-4-2;1-3-4(2)5-3;1-4-2-3-4;1-4(2)3;1-3-4-2;1-3(2)4;1-3-2-4-3;1-3-4-2;2*1-3-2;2*1-3-2-4;1-2(3)4;1-2;1-5(2,3)4;2*1-2/h3-7H2,1-2H3;3-6H2,1-2H3;3-5H2,1-2H3;3,5H,4,6H2,1-2H3;4H,1-3H3;3,5H,4H2,1-2H3;3-4H,1-2H3;4H,2-3H2,1H3;1H2,2-3H3;3-4H,1-2H3;1H2,2H3;3H,2H2,1H3;3H,1H2,2H3;3H,1H2,2H3;1H,2H3;2*1H3;1H3,(H,3,4);2H2,1H3;1H3,(H,2,3,4);2*2H,1H3/b;;;5-3+;;5-3+;;;;4-3+;;;;;;;;;;;;. The number of carbonyl (C=O) groups excluding carboxylic acids is 1. The van der Waals surface area contributed by atoms with Crippen LogP contribution >= 0.6 is 36.4 Å². The molecule has 6 fully saturated rings. The van der Waals surface area contributed by atoms with Crippen molar-refractivity contribution in [3.05, 3.63) is 97.4 Å². The number of hydrogen-bond acceptors (Lipinski definition) is 16. The van der Waals surface area contributed by atoms with Gasteiger partial charge in [-0.1, -0.05) is 173 Å². The highest BCUT2D eigenvalue weighted by Crippen LogP contribution is 2.36. The summed E-state index contributed by atoms with van der Waals surface area (Å²) in [5.74, 6) is 2.50. The number of halogens is 1. The third-order valence-electron chi connectivity index (χ3n) is 11.2. The molecule has 1 aliphatic carbocycles. The van der Waals surface area contributed by atoms with Crippen molar-refractivity contribution in [2.75, 3.05) is 94.1 Å². The van der Waals surface area contributed by atoms with Crippen molar-refractivity contribution < 1.29 is 61.2 Å². The highest BCUT2D eigenvalue weighted by atomic mass is 35.5. The van der Waals surface area contributed by atoms with Gasteiger partial charge in [0.25, 0.3) is 16.1 Å². The molecule has 0 aromatic rings. The largest absolute Gasteiger partial charge is 0.505 e. The fraction of sp³-hybridized carbons (Fsp3) is 0.731. The zero-order valence-corrected chi connectivity index (χ0v) is 72.5. The Hall–Kier alpha value is -3.80. The minimum Gasteiger partial charge on any atom is -0.505 e. The van der Waals surface area contributed by atoms with Crippen LogP contribution in [0.25, 0.3) is 0 Å². The number of carboxylic acid groups (broad SMARTS) is 1. The highest BCUT2D eigenvalue weighted by Gasteiger charge is 2.35. The Morgan fingerprint density at radius 1 is 0.745 bits per heavy atom. The Bertz CT molecular complexity index is 1830. The summed E-state index contributed by atoms with van der Waals surface area (Å²) in [4.78, 5) is 24.1. The minimum atomic E-state index is -3.67. The van der Waals surface area contributed by atoms with Gasteiger partial charge in [0.1, 0.15) is 0 Å². The van der Waals surface area contributed by atoms with Gasteiger partial charge in [-0.2, -0.15) is 21.0 Å². The molecule has 6 aliphatic rings. The lowest BCUT2D eigenvalue weighted by molar-refractivity contribution is -0.134. The van der Waals surface area contributed by atoms with Crippen LogP contribution in [0.3, 0.4) is 0 Å². The van der Waals surface area contributed by atoms with Crippen molar-refractivity contribution in [3.63, 3.8) is 0 Å². The van der Waals surface area contributed by atoms with Crippen LogP contribution in [-0.2, 0) is 48.1 Å². The maximum atomic E-state index is 9.19. The first-order valence-corrected chi connectivity index (χ1v) is 37.3. The van der Waals surface area contributed by atoms with E-state index >= 15 is 0 Å². The molecular weight excluding hydrogens is 1320 g/mol. The monoisotopic (exact) mass is 1480 g/mol. The number of aliphatic imine (C=N–C) groups is 2. The number of ether oxygens (including phenoxy) is 6. The second-order valence-electron chi connectivity index (χ2n) is 22.1. The van der Waals surface area contributed by atoms with Crippen molar-refractivity contribution >= 4 is 63.8 Å². The number of nitrogens with zero attached hydrogens (tertiary/aromatic N) is 2. The van der Waals surface area contributed by atoms with E-state index in [-0.39, 0.29) is 0 Å². The van der Waals surface area contributed by atoms with Crippen LogP contribution in [0.4, 0.5) is 0 Å². The average Bonchev–Trinajstić information content (AvgIpc) is 1.86. The van der Waals surface area contributed by atoms with E-state index in [9.17, 15) is 8.42 Å². The van der Waals surface area contributed by atoms with Crippen molar-refractivity contribution in [2.45, 2.75) is 262 Å². The molecule has 5 aliphatic heterocycles. The number of hydrogen-bond donors (Lipinski definition) is 5. The Morgan fingerprint density at radius 2 is 0.990 bits per heavy atom. The summed E-state index contributed by atoms with van der Waals surface area (Å²) < 4.78 is 55.1. The van der Waals surface area contributed by atoms with Crippen molar-refractivity contribution in [3.8, 4) is 12.3 Å². The maximum Gasteiger partial charge on any atom is 0.300 e. The van der Waals surface area contributed by atoms with Gasteiger partial charge in [0, 0.05) is 49.4 Å². The number of carbonyl (C=O) groups is 1. The highest BCUT2D eigenvalue weighted by molar-refractivity contribution is 7.85. The molecule has 5 N–H and O–H groups in total. The number of aliphatic carboxylic acids is 1. The summed E-state index contributed by atoms with van der Waals surface area (Å²) in [7, 11) is 3.37. The van der Waals surface area contributed by atoms with E-state index in [0.717, 1.165) is 72.6 Å². The molecule has 0 aromatic carbocycles. The fourth-order valence-corrected chi connectivity index (χ4v) is 4.28. The number of thiocarbonyl (C=S) groups is 1. The number of methoxy groups -OCH3 is 1. The zero-order valence-electron chi connectivity index (χ0n) is 69.2. The lowest BCUT2D eigenvalue weighted by Gasteiger charge is -2.40. The number of aliphatic hydroxyl groups is 1. The van der Waals surface area contributed by atoms with Gasteiger partial charge in [-0.05, 0) is 180 Å². The summed E-state index contributed by atoms with van der Waals surface area (Å²) in [6.07, 6.45) is 42.1. The molecule has 20 heteroatoms. The molecule has 0 bridgehead atoms. The number of thiol groups is 1. The Kier molecular flexibility index (Phi) is 160. The van der Waals surface area contributed by atoms with Crippen LogP contribution in [0.2, 0.25) is 0 Å². The normalized spacial score (nSPS) is 15.5. The number of nitrogens with two attached hydrogens (primary N) is 1. The van der Waals surface area contributed by atoms with Crippen molar-refractivity contribution in [1.29, 1.82) is 0 Å². The first kappa shape index (κ1) is 134. The van der Waals surface area contributed by atoms with E-state index in [1.165, 1.54) is 102 Å². The van der Waals surface area contributed by atoms with Gasteiger partial charge >= 0.3 is 0 Å². The van der Waals surface area contributed by atoms with E-state index in [4.69, 9.17) is 59.6 Å². The number of epoxide rings is 2. The van der Waals surface area contributed by atoms with E-state index < -0.39 is 16.1 Å². The number of unbranched alkanes of at least 4 members (excludes halogenated alkanes) is 1. The number of terminal acetylenes is 1. The molecular formula is C78H160ClN3O13S3. The first-order valence-electron chi connectivity index (χ1n) is 33.7. The molecule has 3 unspecified atom stereocenters. The molecule has 0 radical (unpaired) electrons. The van der Waals surface area contributed by atoms with Crippen LogP contribution in [0.5, 0.6) is 0 Å². The van der Waals surface area contributed by atoms with Crippen LogP contribution in [0, 0.1) is 34.5 Å². The lowest BCUT2D eigenvalue weighted by atomic mass is 9.79. The molecule has 5 saturated heterocycles. The van der Waals surface area contributed by atoms with Crippen LogP contribution < -0.4 is 5.73 Å². The lowest BCUT2D eigenvalue weighted by Crippen LogP contribution is -2.41. The summed E-state index contributed by atoms with van der Waals surface area (Å²) in [5, 5.41) is 17.2. The van der Waals surface area contributed by atoms with Crippen molar-refractivity contribution in [2.24, 2.45) is 37.9 Å². The Labute approximate surface area is 625 Å². The molecule has 0 spiro atoms. The molecule has 6 rings (SSSR count). The average molecular weight is 1480 g/mol. The predicted molar refractivity (Wildman–Crippen MR) is 443 cm³/mol. The molecule has 5 heterocycles. The fourth-order valence-electron chi connectivity index (χ4n) is 4.28. The molecule has 98 heavy (non-hydrogen) atoms. The second-order valence-corrected chi connectivity index (χ2v) is 24.4. The molecule has 3 atom stereocenters. The van der Waals surface area contributed by atoms with Gasteiger partial charge in [0.05, 0.1) is 89.3 Å². The third-order valence-corrected chi connectivity index (χ3v) is 11.4. The molecule has 16 nitrogen and oxygen atoms in total. The molecule has 0 aromatic heterocycles. The van der Waals surface area contributed by atoms with Crippen molar-refractivity contribution in [1.82, 2.24) is 0 Å². The van der Waals surface area contributed by atoms with Gasteiger partial charge in [-0.3, -0.25) is 9.35 Å². The summed E-state index contributed by atoms with van der Waals surface area (Å²) in [5.41, 5.74) is 8.76. The summed E-state index contributed by atoms with van der Waals surface area (Å²) in [6.45, 7) is 71.3. The zero-order chi connectivity index (χ0) is 81.5. The predicted octanol–water partition coefficient (Wildman–Crippen LogP) is 21.9.